The summed E-state index contributed by atoms with van der Waals surface area (Å²) in [6.07, 6.45) is 0. The number of sulfonamides is 1. The van der Waals surface area contributed by atoms with Crippen LogP contribution in [0.2, 0.25) is 10.0 Å². The van der Waals surface area contributed by atoms with Crippen LogP contribution < -0.4 is 5.14 Å². The van der Waals surface area contributed by atoms with Gasteiger partial charge in [-0.2, -0.15) is 4.37 Å². The lowest BCUT2D eigenvalue weighted by Crippen LogP contribution is -2.11. The van der Waals surface area contributed by atoms with Crippen molar-refractivity contribution >= 4 is 66.3 Å². The molecule has 0 unspecified atom stereocenters. The lowest BCUT2D eigenvalue weighted by molar-refractivity contribution is 0.476. The maximum absolute atomic E-state index is 11.4. The standard InChI is InChI=1S/C13H8Cl2N4O3S2/c14-9-3-6(4-10(15)12(9)20)17-18-13-8-5-7(24(16,21)22)1-2-11(8)19-23-13/h1-5,20H,(H2,16,21,22). The maximum Gasteiger partial charge on any atom is 0.238 e. The smallest absolute Gasteiger partial charge is 0.238 e. The van der Waals surface area contributed by atoms with Gasteiger partial charge in [-0.1, -0.05) is 23.2 Å². The average Bonchev–Trinajstić information content (AvgIpc) is 2.92. The largest absolute Gasteiger partial charge is 0.505 e. The molecule has 0 radical (unpaired) electrons. The number of hydrogen-bond acceptors (Lipinski definition) is 7. The van der Waals surface area contributed by atoms with Gasteiger partial charge in [0, 0.05) is 5.39 Å². The first-order valence-corrected chi connectivity index (χ1v) is 9.35. The molecule has 0 fully saturated rings. The van der Waals surface area contributed by atoms with E-state index in [2.05, 4.69) is 14.6 Å². The molecule has 1 heterocycles. The molecule has 11 heteroatoms. The van der Waals surface area contributed by atoms with E-state index >= 15 is 0 Å². The molecule has 24 heavy (non-hydrogen) atoms. The lowest BCUT2D eigenvalue weighted by Gasteiger charge is -2.00. The Labute approximate surface area is 150 Å². The number of fused-ring (bicyclic) bond motifs is 1. The van der Waals surface area contributed by atoms with E-state index in [1.54, 1.807) is 6.07 Å². The number of aromatic hydroxyl groups is 1. The third kappa shape index (κ3) is 3.35. The van der Waals surface area contributed by atoms with E-state index in [9.17, 15) is 13.5 Å². The number of phenols is 1. The zero-order valence-corrected chi connectivity index (χ0v) is 14.8. The number of benzene rings is 2. The summed E-state index contributed by atoms with van der Waals surface area (Å²) < 4.78 is 27.1. The van der Waals surface area contributed by atoms with Crippen LogP contribution in [0.4, 0.5) is 10.7 Å². The van der Waals surface area contributed by atoms with Gasteiger partial charge in [-0.3, -0.25) is 0 Å². The summed E-state index contributed by atoms with van der Waals surface area (Å²) in [5, 5.41) is 23.7. The number of aromatic nitrogens is 1. The van der Waals surface area contributed by atoms with Crippen LogP contribution in [0, 0.1) is 0 Å². The number of nitrogens with zero attached hydrogens (tertiary/aromatic N) is 3. The molecule has 124 valence electrons. The molecule has 3 aromatic rings. The van der Waals surface area contributed by atoms with E-state index in [0.29, 0.717) is 21.6 Å². The second-order valence-electron chi connectivity index (χ2n) is 4.67. The van der Waals surface area contributed by atoms with Gasteiger partial charge >= 0.3 is 0 Å². The highest BCUT2D eigenvalue weighted by Gasteiger charge is 2.13. The molecule has 3 rings (SSSR count). The lowest BCUT2D eigenvalue weighted by atomic mass is 10.2. The van der Waals surface area contributed by atoms with E-state index < -0.39 is 10.0 Å². The van der Waals surface area contributed by atoms with Crippen molar-refractivity contribution in [3.63, 3.8) is 0 Å². The Bertz CT molecular complexity index is 1060. The first kappa shape index (κ1) is 17.1. The maximum atomic E-state index is 11.4. The van der Waals surface area contributed by atoms with Crippen LogP contribution in [-0.2, 0) is 10.0 Å². The number of phenolic OH excluding ortho intramolecular Hbond substituents is 1. The second kappa shape index (κ2) is 6.26. The first-order valence-electron chi connectivity index (χ1n) is 6.27. The normalized spacial score (nSPS) is 12.3. The van der Waals surface area contributed by atoms with E-state index in [1.807, 2.05) is 0 Å². The van der Waals surface area contributed by atoms with Crippen molar-refractivity contribution in [2.75, 3.05) is 0 Å². The fourth-order valence-electron chi connectivity index (χ4n) is 1.87. The van der Waals surface area contributed by atoms with Crippen LogP contribution in [-0.4, -0.2) is 17.9 Å². The predicted molar refractivity (Wildman–Crippen MR) is 93.3 cm³/mol. The quantitative estimate of drug-likeness (QED) is 0.631. The summed E-state index contributed by atoms with van der Waals surface area (Å²) in [6, 6.07) is 7.09. The molecule has 0 atom stereocenters. The van der Waals surface area contributed by atoms with Crippen LogP contribution >= 0.6 is 34.7 Å². The van der Waals surface area contributed by atoms with Crippen LogP contribution in [0.3, 0.4) is 0 Å². The Hall–Kier alpha value is -1.78. The first-order chi connectivity index (χ1) is 11.3. The van der Waals surface area contributed by atoms with Crippen molar-refractivity contribution < 1.29 is 13.5 Å². The molecule has 0 saturated carbocycles. The zero-order valence-electron chi connectivity index (χ0n) is 11.6. The fourth-order valence-corrected chi connectivity index (χ4v) is 3.57. The van der Waals surface area contributed by atoms with Gasteiger partial charge in [-0.25, -0.2) is 13.6 Å². The Morgan fingerprint density at radius 3 is 2.42 bits per heavy atom. The molecule has 7 nitrogen and oxygen atoms in total. The van der Waals surface area contributed by atoms with Crippen molar-refractivity contribution in [2.24, 2.45) is 15.4 Å². The second-order valence-corrected chi connectivity index (χ2v) is 7.80. The van der Waals surface area contributed by atoms with Crippen molar-refractivity contribution in [1.29, 1.82) is 0 Å². The average molecular weight is 403 g/mol. The number of nitrogens with two attached hydrogens (primary N) is 1. The monoisotopic (exact) mass is 402 g/mol. The van der Waals surface area contributed by atoms with Crippen LogP contribution in [0.15, 0.2) is 45.5 Å². The summed E-state index contributed by atoms with van der Waals surface area (Å²) in [6.45, 7) is 0. The summed E-state index contributed by atoms with van der Waals surface area (Å²) in [5.74, 6) is -0.238. The Kier molecular flexibility index (Phi) is 4.45. The molecule has 2 aromatic carbocycles. The summed E-state index contributed by atoms with van der Waals surface area (Å²) >= 11 is 12.7. The Morgan fingerprint density at radius 2 is 1.79 bits per heavy atom. The summed E-state index contributed by atoms with van der Waals surface area (Å²) in [4.78, 5) is -0.0395. The van der Waals surface area contributed by atoms with Gasteiger partial charge in [0.05, 0.1) is 26.1 Å². The number of primary sulfonamides is 1. The van der Waals surface area contributed by atoms with Gasteiger partial charge in [0.25, 0.3) is 0 Å². The summed E-state index contributed by atoms with van der Waals surface area (Å²) in [5.41, 5.74) is 0.898. The third-order valence-electron chi connectivity index (χ3n) is 3.02. The molecular formula is C13H8Cl2N4O3S2. The van der Waals surface area contributed by atoms with E-state index in [1.165, 1.54) is 24.3 Å². The van der Waals surface area contributed by atoms with Gasteiger partial charge in [-0.15, -0.1) is 10.2 Å². The molecule has 0 aliphatic heterocycles. The third-order valence-corrected chi connectivity index (χ3v) is 5.27. The minimum Gasteiger partial charge on any atom is -0.505 e. The highest BCUT2D eigenvalue weighted by Crippen LogP contribution is 2.37. The highest BCUT2D eigenvalue weighted by molar-refractivity contribution is 7.89. The molecule has 0 aliphatic rings. The Balaban J connectivity index is 2.04. The van der Waals surface area contributed by atoms with E-state index in [-0.39, 0.29) is 20.7 Å². The predicted octanol–water partition coefficient (Wildman–Crippen LogP) is 4.37. The number of rotatable bonds is 3. The molecule has 0 bridgehead atoms. The van der Waals surface area contributed by atoms with E-state index in [0.717, 1.165) is 11.5 Å². The van der Waals surface area contributed by atoms with Crippen molar-refractivity contribution in [2.45, 2.75) is 4.90 Å². The van der Waals surface area contributed by atoms with E-state index in [4.69, 9.17) is 28.3 Å². The molecule has 1 aromatic heterocycles. The Morgan fingerprint density at radius 1 is 1.12 bits per heavy atom. The molecule has 0 saturated heterocycles. The highest BCUT2D eigenvalue weighted by atomic mass is 35.5. The van der Waals surface area contributed by atoms with Gasteiger partial charge < -0.3 is 5.11 Å². The van der Waals surface area contributed by atoms with Gasteiger partial charge in [0.15, 0.2) is 10.8 Å². The van der Waals surface area contributed by atoms with Gasteiger partial charge in [-0.05, 0) is 41.9 Å². The number of hydrogen-bond donors (Lipinski definition) is 2. The fraction of sp³-hybridized carbons (Fsp3) is 0. The van der Waals surface area contributed by atoms with Crippen molar-refractivity contribution in [3.8, 4) is 5.75 Å². The van der Waals surface area contributed by atoms with Gasteiger partial charge in [0.2, 0.25) is 10.0 Å². The molecule has 0 aliphatic carbocycles. The van der Waals surface area contributed by atoms with Crippen LogP contribution in [0.5, 0.6) is 5.75 Å². The molecule has 3 N–H and O–H groups in total. The molecule has 0 amide bonds. The van der Waals surface area contributed by atoms with Crippen LogP contribution in [0.25, 0.3) is 10.9 Å². The minimum atomic E-state index is -3.83. The summed E-state index contributed by atoms with van der Waals surface area (Å²) in [7, 11) is -3.83. The SMILES string of the molecule is NS(=O)(=O)c1ccc2nsc(N=Nc3cc(Cl)c(O)c(Cl)c3)c2c1. The zero-order chi connectivity index (χ0) is 17.5. The number of azo groups is 1. The molecule has 0 spiro atoms. The van der Waals surface area contributed by atoms with Crippen molar-refractivity contribution in [3.05, 3.63) is 40.4 Å². The number of halogens is 2. The topological polar surface area (TPSA) is 118 Å². The minimum absolute atomic E-state index is 0.0395. The molecular weight excluding hydrogens is 395 g/mol. The van der Waals surface area contributed by atoms with Crippen LogP contribution in [0.1, 0.15) is 0 Å². The van der Waals surface area contributed by atoms with Crippen molar-refractivity contribution in [1.82, 2.24) is 4.37 Å². The van der Waals surface area contributed by atoms with Gasteiger partial charge in [0.1, 0.15) is 0 Å².